The Morgan fingerprint density at radius 1 is 1.26 bits per heavy atom. The third-order valence-electron chi connectivity index (χ3n) is 3.14. The largest absolute Gasteiger partial charge is 0.337 e. The van der Waals surface area contributed by atoms with Gasteiger partial charge in [0.25, 0.3) is 0 Å². The second-order valence-corrected chi connectivity index (χ2v) is 4.97. The average molecular weight is 285 g/mol. The Labute approximate surface area is 122 Å². The van der Waals surface area contributed by atoms with Crippen LogP contribution >= 0.6 is 12.4 Å². The van der Waals surface area contributed by atoms with Gasteiger partial charge >= 0.3 is 0 Å². The Kier molecular flexibility index (Phi) is 7.72. The molecule has 0 aliphatic rings. The van der Waals surface area contributed by atoms with Crippen LogP contribution in [0.3, 0.4) is 0 Å². The fraction of sp³-hybridized carbons (Fsp3) is 0.533. The number of rotatable bonds is 6. The molecule has 1 aromatic rings. The maximum atomic E-state index is 12.4. The zero-order valence-corrected chi connectivity index (χ0v) is 12.9. The molecular weight excluding hydrogens is 260 g/mol. The Bertz CT molecular complexity index is 379. The van der Waals surface area contributed by atoms with Gasteiger partial charge in [0.1, 0.15) is 0 Å². The summed E-state index contributed by atoms with van der Waals surface area (Å²) in [6, 6.07) is 10.0. The number of carbonyl (C=O) groups is 1. The van der Waals surface area contributed by atoms with Gasteiger partial charge in [-0.05, 0) is 25.8 Å². The van der Waals surface area contributed by atoms with Crippen molar-refractivity contribution in [2.24, 2.45) is 5.73 Å². The summed E-state index contributed by atoms with van der Waals surface area (Å²) in [5.41, 5.74) is 6.50. The SMILES string of the molecule is CCCC(C)(N)C(=O)N(CC)Cc1ccccc1.Cl. The van der Waals surface area contributed by atoms with Gasteiger partial charge in [0.05, 0.1) is 5.54 Å². The van der Waals surface area contributed by atoms with E-state index in [0.29, 0.717) is 13.1 Å². The number of carbonyl (C=O) groups excluding carboxylic acids is 1. The van der Waals surface area contributed by atoms with Crippen LogP contribution in [0.25, 0.3) is 0 Å². The molecular formula is C15H25ClN2O. The quantitative estimate of drug-likeness (QED) is 0.873. The lowest BCUT2D eigenvalue weighted by atomic mass is 9.95. The molecule has 1 amide bonds. The zero-order valence-electron chi connectivity index (χ0n) is 12.1. The highest BCUT2D eigenvalue weighted by Crippen LogP contribution is 2.15. The predicted molar refractivity (Wildman–Crippen MR) is 82.3 cm³/mol. The molecule has 1 atom stereocenters. The molecule has 0 aromatic heterocycles. The molecule has 2 N–H and O–H groups in total. The van der Waals surface area contributed by atoms with Crippen molar-refractivity contribution in [3.05, 3.63) is 35.9 Å². The van der Waals surface area contributed by atoms with Gasteiger partial charge in [0, 0.05) is 13.1 Å². The van der Waals surface area contributed by atoms with Crippen molar-refractivity contribution < 1.29 is 4.79 Å². The van der Waals surface area contributed by atoms with Gasteiger partial charge in [-0.3, -0.25) is 4.79 Å². The molecule has 4 heteroatoms. The van der Waals surface area contributed by atoms with E-state index in [2.05, 4.69) is 0 Å². The first-order chi connectivity index (χ1) is 8.51. The van der Waals surface area contributed by atoms with Crippen LogP contribution in [-0.2, 0) is 11.3 Å². The highest BCUT2D eigenvalue weighted by atomic mass is 35.5. The van der Waals surface area contributed by atoms with Crippen LogP contribution in [-0.4, -0.2) is 22.9 Å². The number of nitrogens with zero attached hydrogens (tertiary/aromatic N) is 1. The summed E-state index contributed by atoms with van der Waals surface area (Å²) < 4.78 is 0. The van der Waals surface area contributed by atoms with E-state index >= 15 is 0 Å². The standard InChI is InChI=1S/C15H24N2O.ClH/c1-4-11-15(3,16)14(18)17(5-2)12-13-9-7-6-8-10-13;/h6-10H,4-5,11-12,16H2,1-3H3;1H. The van der Waals surface area contributed by atoms with Crippen LogP contribution in [0, 0.1) is 0 Å². The third-order valence-corrected chi connectivity index (χ3v) is 3.14. The minimum absolute atomic E-state index is 0. The molecule has 0 radical (unpaired) electrons. The maximum absolute atomic E-state index is 12.4. The summed E-state index contributed by atoms with van der Waals surface area (Å²) in [6.07, 6.45) is 1.64. The predicted octanol–water partition coefficient (Wildman–Crippen LogP) is 2.97. The molecule has 0 aliphatic heterocycles. The first kappa shape index (κ1) is 17.9. The molecule has 1 unspecified atom stereocenters. The topological polar surface area (TPSA) is 46.3 Å². The molecule has 0 heterocycles. The lowest BCUT2D eigenvalue weighted by Gasteiger charge is -2.31. The summed E-state index contributed by atoms with van der Waals surface area (Å²) in [5, 5.41) is 0. The number of amides is 1. The van der Waals surface area contributed by atoms with Crippen LogP contribution in [0.2, 0.25) is 0 Å². The van der Waals surface area contributed by atoms with Crippen molar-refractivity contribution >= 4 is 18.3 Å². The molecule has 1 aromatic carbocycles. The number of benzene rings is 1. The van der Waals surface area contributed by atoms with Crippen molar-refractivity contribution in [3.63, 3.8) is 0 Å². The summed E-state index contributed by atoms with van der Waals surface area (Å²) in [4.78, 5) is 14.2. The Morgan fingerprint density at radius 3 is 2.32 bits per heavy atom. The minimum Gasteiger partial charge on any atom is -0.337 e. The van der Waals surface area contributed by atoms with Gasteiger partial charge in [-0.1, -0.05) is 43.7 Å². The Balaban J connectivity index is 0.00000324. The molecule has 0 aliphatic carbocycles. The Morgan fingerprint density at radius 2 is 1.84 bits per heavy atom. The fourth-order valence-electron chi connectivity index (χ4n) is 2.12. The number of nitrogens with two attached hydrogens (primary N) is 1. The smallest absolute Gasteiger partial charge is 0.242 e. The van der Waals surface area contributed by atoms with Crippen LogP contribution in [0.1, 0.15) is 39.2 Å². The first-order valence-corrected chi connectivity index (χ1v) is 6.63. The van der Waals surface area contributed by atoms with E-state index in [9.17, 15) is 4.79 Å². The van der Waals surface area contributed by atoms with Gasteiger partial charge in [-0.2, -0.15) is 0 Å². The van der Waals surface area contributed by atoms with Crippen molar-refractivity contribution in [2.75, 3.05) is 6.54 Å². The number of hydrogen-bond acceptors (Lipinski definition) is 2. The maximum Gasteiger partial charge on any atom is 0.242 e. The monoisotopic (exact) mass is 284 g/mol. The summed E-state index contributed by atoms with van der Waals surface area (Å²) in [7, 11) is 0. The average Bonchev–Trinajstić information content (AvgIpc) is 2.36. The van der Waals surface area contributed by atoms with E-state index < -0.39 is 5.54 Å². The third kappa shape index (κ3) is 5.21. The van der Waals surface area contributed by atoms with Gasteiger partial charge in [0.2, 0.25) is 5.91 Å². The lowest BCUT2D eigenvalue weighted by molar-refractivity contribution is -0.137. The molecule has 0 fully saturated rings. The van der Waals surface area contributed by atoms with Crippen LogP contribution in [0.4, 0.5) is 0 Å². The van der Waals surface area contributed by atoms with E-state index in [4.69, 9.17) is 5.73 Å². The van der Waals surface area contributed by atoms with Gasteiger partial charge in [-0.15, -0.1) is 12.4 Å². The van der Waals surface area contributed by atoms with Crippen molar-refractivity contribution in [1.82, 2.24) is 4.90 Å². The normalized spacial score (nSPS) is 13.3. The summed E-state index contributed by atoms with van der Waals surface area (Å²) in [6.45, 7) is 7.18. The number of hydrogen-bond donors (Lipinski definition) is 1. The van der Waals surface area contributed by atoms with Gasteiger partial charge in [0.15, 0.2) is 0 Å². The van der Waals surface area contributed by atoms with E-state index in [1.807, 2.05) is 56.0 Å². The van der Waals surface area contributed by atoms with E-state index in [1.165, 1.54) is 0 Å². The van der Waals surface area contributed by atoms with Crippen molar-refractivity contribution in [3.8, 4) is 0 Å². The Hall–Kier alpha value is -1.06. The molecule has 3 nitrogen and oxygen atoms in total. The van der Waals surface area contributed by atoms with Gasteiger partial charge in [-0.25, -0.2) is 0 Å². The first-order valence-electron chi connectivity index (χ1n) is 6.63. The molecule has 1 rings (SSSR count). The number of halogens is 1. The van der Waals surface area contributed by atoms with Crippen LogP contribution < -0.4 is 5.73 Å². The molecule has 108 valence electrons. The second-order valence-electron chi connectivity index (χ2n) is 4.97. The highest BCUT2D eigenvalue weighted by molar-refractivity contribution is 5.85. The van der Waals surface area contributed by atoms with Crippen molar-refractivity contribution in [1.29, 1.82) is 0 Å². The molecule has 0 saturated carbocycles. The fourth-order valence-corrected chi connectivity index (χ4v) is 2.12. The summed E-state index contributed by atoms with van der Waals surface area (Å²) >= 11 is 0. The van der Waals surface area contributed by atoms with E-state index in [1.54, 1.807) is 0 Å². The molecule has 19 heavy (non-hydrogen) atoms. The van der Waals surface area contributed by atoms with Crippen LogP contribution in [0.5, 0.6) is 0 Å². The lowest BCUT2D eigenvalue weighted by Crippen LogP contribution is -2.52. The number of likely N-dealkylation sites (N-methyl/N-ethyl adjacent to an activating group) is 1. The molecule has 0 spiro atoms. The van der Waals surface area contributed by atoms with E-state index in [-0.39, 0.29) is 18.3 Å². The highest BCUT2D eigenvalue weighted by Gasteiger charge is 2.30. The second kappa shape index (κ2) is 8.18. The molecule has 0 saturated heterocycles. The van der Waals surface area contributed by atoms with Crippen LogP contribution in [0.15, 0.2) is 30.3 Å². The molecule has 0 bridgehead atoms. The van der Waals surface area contributed by atoms with E-state index in [0.717, 1.165) is 18.4 Å². The zero-order chi connectivity index (χ0) is 13.6. The van der Waals surface area contributed by atoms with Crippen molar-refractivity contribution in [2.45, 2.75) is 45.7 Å². The van der Waals surface area contributed by atoms with Gasteiger partial charge < -0.3 is 10.6 Å². The summed E-state index contributed by atoms with van der Waals surface area (Å²) in [5.74, 6) is 0.0377. The minimum atomic E-state index is -0.750.